The number of hydrogen-bond donors (Lipinski definition) is 16. The molecule has 0 radical (unpaired) electrons. The van der Waals surface area contributed by atoms with Gasteiger partial charge in [0.1, 0.15) is 127 Å². The van der Waals surface area contributed by atoms with Crippen LogP contribution in [-0.2, 0) is 52.3 Å². The maximum atomic E-state index is 12.4. The lowest BCUT2D eigenvalue weighted by Crippen LogP contribution is -2.70. The summed E-state index contributed by atoms with van der Waals surface area (Å²) in [7, 11) is 0. The van der Waals surface area contributed by atoms with Crippen LogP contribution in [0.4, 0.5) is 0 Å². The second-order valence-electron chi connectivity index (χ2n) is 14.9. The molecule has 30 nitrogen and oxygen atoms in total. The zero-order valence-electron chi connectivity index (χ0n) is 32.5. The molecule has 0 aliphatic carbocycles. The Kier molecular flexibility index (Phi) is 18.1. The normalized spacial score (nSPS) is 48.8. The average Bonchev–Trinajstić information content (AvgIpc) is 3.25. The Hall–Kier alpha value is -2.38. The van der Waals surface area contributed by atoms with E-state index in [9.17, 15) is 81.4 Å². The van der Waals surface area contributed by atoms with Crippen molar-refractivity contribution >= 4 is 5.91 Å². The summed E-state index contributed by atoms with van der Waals surface area (Å²) in [6, 6.07) is -1.74. The van der Waals surface area contributed by atoms with Crippen LogP contribution in [0, 0.1) is 0 Å². The Labute approximate surface area is 349 Å². The van der Waals surface area contributed by atoms with Crippen molar-refractivity contribution in [1.29, 1.82) is 0 Å². The van der Waals surface area contributed by atoms with E-state index in [0.717, 1.165) is 6.92 Å². The van der Waals surface area contributed by atoms with Crippen LogP contribution in [0.15, 0.2) is 5.28 Å². The van der Waals surface area contributed by atoms with Gasteiger partial charge in [-0.3, -0.25) is 4.79 Å². The van der Waals surface area contributed by atoms with E-state index in [0.29, 0.717) is 0 Å². The van der Waals surface area contributed by atoms with E-state index < -0.39 is 192 Å². The number of ether oxygens (including phenoxy) is 9. The van der Waals surface area contributed by atoms with Crippen molar-refractivity contribution in [2.45, 2.75) is 160 Å². The van der Waals surface area contributed by atoms with Crippen LogP contribution in [0.1, 0.15) is 6.92 Å². The minimum atomic E-state index is -2.12. The Balaban J connectivity index is 1.35. The number of amides is 1. The number of aliphatic hydroxyl groups excluding tert-OH is 15. The van der Waals surface area contributed by atoms with E-state index >= 15 is 0 Å². The fraction of sp³-hybridized carbons (Fsp3) is 0.969. The van der Waals surface area contributed by atoms with Crippen molar-refractivity contribution in [3.05, 3.63) is 10.4 Å². The molecule has 0 unspecified atom stereocenters. The third kappa shape index (κ3) is 10.7. The SMILES string of the molecule is CC(=O)N[C@H]1[C@H](O[C@H]2[C@@H](O)[C@@H](CO)O[C@@H](O[C@H]3[C@H](O)[C@@H](O)[C@H](ON=[N+]=[N-])O[C@@H]3CO)[C@@H]2O)O[C@H](CO)[C@@H](O[C@@H]2O[C@H](CO)[C@H](O)[C@H](O[C@H]3O[C@H](CO)[C@H](O)[C@H](O)[C@H]3O)[C@H]2O)[C@@H]1O. The molecule has 0 aromatic carbocycles. The van der Waals surface area contributed by atoms with Gasteiger partial charge in [-0.1, -0.05) is 0 Å². The molecular formula is C32H54N4O26. The molecule has 5 rings (SSSR count). The van der Waals surface area contributed by atoms with Gasteiger partial charge in [-0.25, -0.2) is 0 Å². The lowest BCUT2D eigenvalue weighted by Gasteiger charge is -2.50. The van der Waals surface area contributed by atoms with Gasteiger partial charge in [-0.15, -0.1) is 0 Å². The number of nitrogens with one attached hydrogen (secondary N) is 1. The predicted octanol–water partition coefficient (Wildman–Crippen LogP) is -10.5. The number of hydrogen-bond acceptors (Lipinski definition) is 27. The number of aliphatic hydroxyl groups is 15. The summed E-state index contributed by atoms with van der Waals surface area (Å²) in [6.07, 6.45) is -44.7. The molecule has 5 saturated heterocycles. The molecule has 16 N–H and O–H groups in total. The van der Waals surface area contributed by atoms with Crippen molar-refractivity contribution in [3.63, 3.8) is 0 Å². The molecule has 0 bridgehead atoms. The molecule has 358 valence electrons. The molecule has 0 aromatic rings. The second kappa shape index (κ2) is 22.2. The lowest BCUT2D eigenvalue weighted by molar-refractivity contribution is -0.387. The van der Waals surface area contributed by atoms with Crippen LogP contribution in [-0.4, -0.2) is 269 Å². The van der Waals surface area contributed by atoms with E-state index in [2.05, 4.69) is 20.3 Å². The van der Waals surface area contributed by atoms with Crippen LogP contribution < -0.4 is 5.32 Å². The van der Waals surface area contributed by atoms with Gasteiger partial charge in [0, 0.05) is 11.8 Å². The van der Waals surface area contributed by atoms with Gasteiger partial charge in [-0.2, -0.15) is 0 Å². The molecule has 5 aliphatic heterocycles. The molecule has 0 spiro atoms. The summed E-state index contributed by atoms with van der Waals surface area (Å²) in [5, 5.41) is 164. The fourth-order valence-electron chi connectivity index (χ4n) is 7.57. The topological polar surface area (TPSA) is 474 Å². The van der Waals surface area contributed by atoms with Gasteiger partial charge in [-0.05, 0) is 5.53 Å². The maximum absolute atomic E-state index is 12.4. The van der Waals surface area contributed by atoms with E-state index in [1.165, 1.54) is 0 Å². The second-order valence-corrected chi connectivity index (χ2v) is 14.9. The van der Waals surface area contributed by atoms with Gasteiger partial charge in [0.05, 0.1) is 33.0 Å². The number of rotatable bonds is 16. The molecule has 30 heteroatoms. The third-order valence-electron chi connectivity index (χ3n) is 10.9. The van der Waals surface area contributed by atoms with Crippen molar-refractivity contribution in [2.75, 3.05) is 33.0 Å². The Bertz CT molecular complexity index is 1470. The van der Waals surface area contributed by atoms with Crippen LogP contribution >= 0.6 is 0 Å². The highest BCUT2D eigenvalue weighted by atomic mass is 16.8. The van der Waals surface area contributed by atoms with Crippen LogP contribution in [0.3, 0.4) is 0 Å². The lowest BCUT2D eigenvalue weighted by atomic mass is 9.94. The number of azide groups is 1. The van der Waals surface area contributed by atoms with Crippen LogP contribution in [0.2, 0.25) is 0 Å². The largest absolute Gasteiger partial charge is 0.400 e. The van der Waals surface area contributed by atoms with E-state index in [1.807, 2.05) is 0 Å². The maximum Gasteiger partial charge on any atom is 0.237 e. The number of nitrogens with zero attached hydrogens (tertiary/aromatic N) is 3. The molecular weight excluding hydrogens is 856 g/mol. The smallest absolute Gasteiger partial charge is 0.237 e. The first kappa shape index (κ1) is 50.6. The van der Waals surface area contributed by atoms with Gasteiger partial charge >= 0.3 is 0 Å². The Morgan fingerprint density at radius 1 is 0.484 bits per heavy atom. The first-order chi connectivity index (χ1) is 29.5. The standard InChI is InChI=1S/C32H54N4O26/c1-7(42)34-13-17(46)24(58-30-23(52)27(16(45)10(4-39)54-30)61-29-20(49)18(47)14(43)8(2-37)53-29)11(5-40)56-28(13)60-26-15(44)9(3-38)55-31(22(26)51)59-25-12(6-41)57-32(62-36-35-33)21(50)19(25)48/h8-32,37-41,43-52H,2-6H2,1H3,(H,34,42)/t8-,9-,10-,11-,12-,13-,14+,15+,16+,17-,18+,19-,20-,21-,22-,23-,24-,25-,26+,27+,28+,29-,30+,31+,32+/m1/s1. The minimum absolute atomic E-state index is 0.831. The number of carbonyl (C=O) groups excluding carboxylic acids is 1. The van der Waals surface area contributed by atoms with Crippen molar-refractivity contribution in [1.82, 2.24) is 5.32 Å². The fourth-order valence-corrected chi connectivity index (χ4v) is 7.57. The first-order valence-corrected chi connectivity index (χ1v) is 19.2. The monoisotopic (exact) mass is 910 g/mol. The molecule has 0 aromatic heterocycles. The zero-order valence-corrected chi connectivity index (χ0v) is 32.5. The molecule has 25 atom stereocenters. The summed E-state index contributed by atoms with van der Waals surface area (Å²) in [5.41, 5.74) is 8.52. The predicted molar refractivity (Wildman–Crippen MR) is 186 cm³/mol. The van der Waals surface area contributed by atoms with Gasteiger partial charge < -0.3 is 129 Å². The Morgan fingerprint density at radius 3 is 1.31 bits per heavy atom. The van der Waals surface area contributed by atoms with Gasteiger partial charge in [0.15, 0.2) is 25.2 Å². The Morgan fingerprint density at radius 2 is 0.855 bits per heavy atom. The van der Waals surface area contributed by atoms with E-state index in [4.69, 9.17) is 48.2 Å². The van der Waals surface area contributed by atoms with E-state index in [-0.39, 0.29) is 0 Å². The van der Waals surface area contributed by atoms with Gasteiger partial charge in [0.25, 0.3) is 0 Å². The van der Waals surface area contributed by atoms with Gasteiger partial charge in [0.2, 0.25) is 12.2 Å². The minimum Gasteiger partial charge on any atom is -0.400 e. The highest BCUT2D eigenvalue weighted by Crippen LogP contribution is 2.36. The van der Waals surface area contributed by atoms with Crippen molar-refractivity contribution in [2.24, 2.45) is 5.28 Å². The quantitative estimate of drug-likeness (QED) is 0.0296. The molecule has 1 amide bonds. The molecule has 5 heterocycles. The molecule has 62 heavy (non-hydrogen) atoms. The summed E-state index contributed by atoms with van der Waals surface area (Å²) >= 11 is 0. The summed E-state index contributed by atoms with van der Waals surface area (Å²) in [5.74, 6) is -0.831. The summed E-state index contributed by atoms with van der Waals surface area (Å²) in [4.78, 5) is 19.4. The van der Waals surface area contributed by atoms with Crippen molar-refractivity contribution < 1.29 is 129 Å². The number of carbonyl (C=O) groups is 1. The summed E-state index contributed by atoms with van der Waals surface area (Å²) in [6.45, 7) is -3.68. The first-order valence-electron chi connectivity index (χ1n) is 19.2. The summed E-state index contributed by atoms with van der Waals surface area (Å²) < 4.78 is 50.4. The zero-order chi connectivity index (χ0) is 45.7. The molecule has 5 fully saturated rings. The highest BCUT2D eigenvalue weighted by Gasteiger charge is 2.57. The molecule has 0 saturated carbocycles. The average molecular weight is 911 g/mol. The van der Waals surface area contributed by atoms with Crippen LogP contribution in [0.25, 0.3) is 10.4 Å². The van der Waals surface area contributed by atoms with E-state index in [1.54, 1.807) is 0 Å². The van der Waals surface area contributed by atoms with Crippen LogP contribution in [0.5, 0.6) is 0 Å². The third-order valence-corrected chi connectivity index (χ3v) is 10.9. The highest BCUT2D eigenvalue weighted by molar-refractivity contribution is 5.73. The van der Waals surface area contributed by atoms with Crippen molar-refractivity contribution in [3.8, 4) is 0 Å². The molecule has 5 aliphatic rings.